The lowest BCUT2D eigenvalue weighted by Crippen LogP contribution is -2.50. The molecule has 2 heterocycles. The standard InChI is InChI=1S/C16H28ClN5O2S2/c1-12(2)22-10-6-13(7-11-22)21-16(18-3)19-8-9-20-26(23,24)15-5-4-14(17)25-15/h4-5,12-13,20H,6-11H2,1-3H3,(H2,18,19,21). The molecule has 0 spiro atoms. The van der Waals surface area contributed by atoms with Crippen LogP contribution < -0.4 is 15.4 Å². The second kappa shape index (κ2) is 9.89. The van der Waals surface area contributed by atoms with Crippen LogP contribution in [0.2, 0.25) is 4.34 Å². The summed E-state index contributed by atoms with van der Waals surface area (Å²) in [6.45, 7) is 7.32. The average Bonchev–Trinajstić information content (AvgIpc) is 3.05. The van der Waals surface area contributed by atoms with Crippen molar-refractivity contribution in [2.45, 2.75) is 43.0 Å². The number of sulfonamides is 1. The second-order valence-electron chi connectivity index (χ2n) is 6.50. The first-order valence-corrected chi connectivity index (χ1v) is 11.5. The summed E-state index contributed by atoms with van der Waals surface area (Å²) in [6.07, 6.45) is 2.15. The quantitative estimate of drug-likeness (QED) is 0.354. The van der Waals surface area contributed by atoms with Gasteiger partial charge in [-0.1, -0.05) is 11.6 Å². The third-order valence-corrected chi connectivity index (χ3v) is 7.53. The van der Waals surface area contributed by atoms with Gasteiger partial charge in [0, 0.05) is 45.3 Å². The molecule has 10 heteroatoms. The molecule has 1 aromatic heterocycles. The van der Waals surface area contributed by atoms with Gasteiger partial charge in [0.25, 0.3) is 0 Å². The van der Waals surface area contributed by atoms with Crippen LogP contribution in [0, 0.1) is 0 Å². The number of rotatable bonds is 7. The minimum Gasteiger partial charge on any atom is -0.355 e. The maximum absolute atomic E-state index is 12.1. The molecule has 0 saturated carbocycles. The van der Waals surface area contributed by atoms with Gasteiger partial charge < -0.3 is 15.5 Å². The number of nitrogens with one attached hydrogen (secondary N) is 3. The van der Waals surface area contributed by atoms with E-state index in [1.165, 1.54) is 6.07 Å². The topological polar surface area (TPSA) is 85.8 Å². The molecule has 1 aliphatic rings. The Hall–Kier alpha value is -0.870. The van der Waals surface area contributed by atoms with E-state index in [4.69, 9.17) is 11.6 Å². The largest absolute Gasteiger partial charge is 0.355 e. The Bertz CT molecular complexity index is 697. The molecule has 1 saturated heterocycles. The van der Waals surface area contributed by atoms with Crippen molar-refractivity contribution in [3.05, 3.63) is 16.5 Å². The average molecular weight is 422 g/mol. The van der Waals surface area contributed by atoms with E-state index in [1.54, 1.807) is 13.1 Å². The summed E-state index contributed by atoms with van der Waals surface area (Å²) in [6, 6.07) is 4.06. The van der Waals surface area contributed by atoms with Crippen LogP contribution in [0.25, 0.3) is 0 Å². The molecule has 0 unspecified atom stereocenters. The lowest BCUT2D eigenvalue weighted by Gasteiger charge is -2.35. The number of nitrogens with zero attached hydrogens (tertiary/aromatic N) is 2. The number of likely N-dealkylation sites (tertiary alicyclic amines) is 1. The number of halogens is 1. The normalized spacial score (nSPS) is 17.7. The minimum absolute atomic E-state index is 0.224. The predicted molar refractivity (Wildman–Crippen MR) is 109 cm³/mol. The summed E-state index contributed by atoms with van der Waals surface area (Å²) >= 11 is 6.84. The molecule has 1 aliphatic heterocycles. The van der Waals surface area contributed by atoms with Gasteiger partial charge in [0.1, 0.15) is 4.21 Å². The molecule has 2 rings (SSSR count). The molecular formula is C16H28ClN5O2S2. The first kappa shape index (κ1) is 21.4. The fraction of sp³-hybridized carbons (Fsp3) is 0.688. The summed E-state index contributed by atoms with van der Waals surface area (Å²) in [4.78, 5) is 6.69. The zero-order valence-electron chi connectivity index (χ0n) is 15.5. The van der Waals surface area contributed by atoms with E-state index in [0.29, 0.717) is 28.9 Å². The number of hydrogen-bond acceptors (Lipinski definition) is 5. The third kappa shape index (κ3) is 6.38. The van der Waals surface area contributed by atoms with Gasteiger partial charge in [-0.25, -0.2) is 13.1 Å². The van der Waals surface area contributed by atoms with E-state index in [2.05, 4.69) is 39.1 Å². The Morgan fingerprint density at radius 3 is 2.58 bits per heavy atom. The molecule has 26 heavy (non-hydrogen) atoms. The second-order valence-corrected chi connectivity index (χ2v) is 10.2. The van der Waals surface area contributed by atoms with Gasteiger partial charge in [-0.2, -0.15) is 0 Å². The van der Waals surface area contributed by atoms with Gasteiger partial charge in [-0.15, -0.1) is 11.3 Å². The molecule has 0 radical (unpaired) electrons. The van der Waals surface area contributed by atoms with Crippen LogP contribution in [-0.2, 0) is 10.0 Å². The summed E-state index contributed by atoms with van der Waals surface area (Å²) in [7, 11) is -1.79. The van der Waals surface area contributed by atoms with Crippen molar-refractivity contribution in [2.75, 3.05) is 33.2 Å². The molecule has 1 fully saturated rings. The Labute approximate surface area is 165 Å². The highest BCUT2D eigenvalue weighted by atomic mass is 35.5. The van der Waals surface area contributed by atoms with Gasteiger partial charge in [0.15, 0.2) is 5.96 Å². The number of hydrogen-bond donors (Lipinski definition) is 3. The number of aliphatic imine (C=N–C) groups is 1. The molecule has 3 N–H and O–H groups in total. The van der Waals surface area contributed by atoms with Crippen LogP contribution in [0.4, 0.5) is 0 Å². The Morgan fingerprint density at radius 2 is 2.04 bits per heavy atom. The van der Waals surface area contributed by atoms with Crippen LogP contribution in [0.3, 0.4) is 0 Å². The summed E-state index contributed by atoms with van der Waals surface area (Å²) in [5.41, 5.74) is 0. The maximum atomic E-state index is 12.1. The summed E-state index contributed by atoms with van der Waals surface area (Å²) in [5.74, 6) is 0.700. The van der Waals surface area contributed by atoms with E-state index >= 15 is 0 Å². The van der Waals surface area contributed by atoms with Crippen molar-refractivity contribution >= 4 is 38.9 Å². The zero-order chi connectivity index (χ0) is 19.2. The smallest absolute Gasteiger partial charge is 0.250 e. The maximum Gasteiger partial charge on any atom is 0.250 e. The molecule has 0 bridgehead atoms. The van der Waals surface area contributed by atoms with Gasteiger partial charge in [0.05, 0.1) is 4.34 Å². The van der Waals surface area contributed by atoms with Gasteiger partial charge in [-0.3, -0.25) is 4.99 Å². The number of guanidine groups is 1. The molecule has 0 atom stereocenters. The molecule has 0 aromatic carbocycles. The van der Waals surface area contributed by atoms with Gasteiger partial charge >= 0.3 is 0 Å². The van der Waals surface area contributed by atoms with Crippen molar-refractivity contribution in [2.24, 2.45) is 4.99 Å². The fourth-order valence-electron chi connectivity index (χ4n) is 2.83. The monoisotopic (exact) mass is 421 g/mol. The van der Waals surface area contributed by atoms with Gasteiger partial charge in [-0.05, 0) is 38.8 Å². The van der Waals surface area contributed by atoms with Crippen LogP contribution in [0.15, 0.2) is 21.3 Å². The van der Waals surface area contributed by atoms with Crippen molar-refractivity contribution < 1.29 is 8.42 Å². The van der Waals surface area contributed by atoms with E-state index in [1.807, 2.05) is 0 Å². The lowest BCUT2D eigenvalue weighted by atomic mass is 10.0. The highest BCUT2D eigenvalue weighted by Gasteiger charge is 2.21. The van der Waals surface area contributed by atoms with E-state index < -0.39 is 10.0 Å². The fourth-order valence-corrected chi connectivity index (χ4v) is 5.39. The molecule has 7 nitrogen and oxygen atoms in total. The van der Waals surface area contributed by atoms with Crippen LogP contribution in [-0.4, -0.2) is 64.6 Å². The zero-order valence-corrected chi connectivity index (χ0v) is 17.8. The van der Waals surface area contributed by atoms with Crippen molar-refractivity contribution in [3.8, 4) is 0 Å². The SMILES string of the molecule is CN=C(NCCNS(=O)(=O)c1ccc(Cl)s1)NC1CCN(C(C)C)CC1. The Balaban J connectivity index is 1.71. The summed E-state index contributed by atoms with van der Waals surface area (Å²) in [5, 5.41) is 6.57. The van der Waals surface area contributed by atoms with E-state index in [9.17, 15) is 8.42 Å². The van der Waals surface area contributed by atoms with Crippen LogP contribution >= 0.6 is 22.9 Å². The highest BCUT2D eigenvalue weighted by Crippen LogP contribution is 2.25. The van der Waals surface area contributed by atoms with Gasteiger partial charge in [0.2, 0.25) is 10.0 Å². The van der Waals surface area contributed by atoms with Crippen molar-refractivity contribution in [1.29, 1.82) is 0 Å². The summed E-state index contributed by atoms with van der Waals surface area (Å²) < 4.78 is 27.5. The molecular weight excluding hydrogens is 394 g/mol. The number of piperidine rings is 1. The highest BCUT2D eigenvalue weighted by molar-refractivity contribution is 7.91. The van der Waals surface area contributed by atoms with Crippen LogP contribution in [0.5, 0.6) is 0 Å². The molecule has 0 aliphatic carbocycles. The lowest BCUT2D eigenvalue weighted by molar-refractivity contribution is 0.167. The first-order chi connectivity index (χ1) is 12.3. The molecule has 0 amide bonds. The Kier molecular flexibility index (Phi) is 8.15. The van der Waals surface area contributed by atoms with Crippen molar-refractivity contribution in [1.82, 2.24) is 20.3 Å². The van der Waals surface area contributed by atoms with E-state index in [-0.39, 0.29) is 10.8 Å². The number of thiophene rings is 1. The van der Waals surface area contributed by atoms with E-state index in [0.717, 1.165) is 37.3 Å². The minimum atomic E-state index is -3.51. The van der Waals surface area contributed by atoms with Crippen LogP contribution in [0.1, 0.15) is 26.7 Å². The third-order valence-electron chi connectivity index (χ3n) is 4.35. The predicted octanol–water partition coefficient (Wildman–Crippen LogP) is 1.72. The van der Waals surface area contributed by atoms with Crippen molar-refractivity contribution in [3.63, 3.8) is 0 Å². The molecule has 148 valence electrons. The Morgan fingerprint density at radius 1 is 1.35 bits per heavy atom. The molecule has 1 aromatic rings. The first-order valence-electron chi connectivity index (χ1n) is 8.78.